The number of aromatic nitrogens is 3. The third-order valence-corrected chi connectivity index (χ3v) is 8.99. The molecule has 1 spiro atoms. The van der Waals surface area contributed by atoms with Crippen molar-refractivity contribution in [2.45, 2.75) is 44.0 Å². The van der Waals surface area contributed by atoms with Crippen LogP contribution in [0.5, 0.6) is 0 Å². The van der Waals surface area contributed by atoms with E-state index in [4.69, 9.17) is 4.74 Å². The van der Waals surface area contributed by atoms with Crippen LogP contribution in [0, 0.1) is 5.82 Å². The van der Waals surface area contributed by atoms with Crippen molar-refractivity contribution in [2.75, 3.05) is 38.3 Å². The van der Waals surface area contributed by atoms with E-state index in [2.05, 4.69) is 56.5 Å². The molecule has 0 saturated carbocycles. The summed E-state index contributed by atoms with van der Waals surface area (Å²) in [5, 5.41) is 11.0. The molecule has 2 fully saturated rings. The van der Waals surface area contributed by atoms with Crippen molar-refractivity contribution >= 4 is 22.4 Å². The van der Waals surface area contributed by atoms with Gasteiger partial charge in [0.25, 0.3) is 0 Å². The van der Waals surface area contributed by atoms with Gasteiger partial charge in [-0.05, 0) is 65.4 Å². The fraction of sp³-hybridized carbons (Fsp3) is 0.387. The molecule has 1 aliphatic carbocycles. The number of carbonyl (C=O) groups is 1. The lowest BCUT2D eigenvalue weighted by Crippen LogP contribution is -2.57. The van der Waals surface area contributed by atoms with E-state index < -0.39 is 5.54 Å². The lowest BCUT2D eigenvalue weighted by Gasteiger charge is -2.45. The highest BCUT2D eigenvalue weighted by Gasteiger charge is 2.54. The minimum absolute atomic E-state index is 0.144. The number of anilines is 1. The quantitative estimate of drug-likeness (QED) is 0.351. The first-order chi connectivity index (χ1) is 19.6. The first-order valence-electron chi connectivity index (χ1n) is 14.0. The zero-order valence-corrected chi connectivity index (χ0v) is 22.7. The predicted molar refractivity (Wildman–Crippen MR) is 150 cm³/mol. The van der Waals surface area contributed by atoms with Crippen LogP contribution in [0.1, 0.15) is 35.7 Å². The number of carbonyl (C=O) groups excluding carboxylic acids is 1. The molecule has 8 nitrogen and oxygen atoms in total. The maximum atomic E-state index is 14.1. The van der Waals surface area contributed by atoms with Gasteiger partial charge in [-0.3, -0.25) is 14.4 Å². The van der Waals surface area contributed by atoms with Crippen molar-refractivity contribution in [2.24, 2.45) is 0 Å². The molecule has 0 N–H and O–H groups in total. The van der Waals surface area contributed by atoms with Crippen molar-refractivity contribution in [3.05, 3.63) is 89.5 Å². The molecule has 1 amide bonds. The van der Waals surface area contributed by atoms with Crippen LogP contribution in [0.15, 0.2) is 66.9 Å². The normalized spacial score (nSPS) is 20.4. The number of ether oxygens (including phenoxy) is 1. The van der Waals surface area contributed by atoms with E-state index in [-0.39, 0.29) is 11.7 Å². The molecule has 9 heteroatoms. The molecule has 1 aromatic heterocycles. The summed E-state index contributed by atoms with van der Waals surface area (Å²) in [6.07, 6.45) is 4.32. The van der Waals surface area contributed by atoms with Gasteiger partial charge < -0.3 is 14.5 Å². The second kappa shape index (κ2) is 9.98. The fourth-order valence-corrected chi connectivity index (χ4v) is 7.02. The van der Waals surface area contributed by atoms with E-state index in [1.54, 1.807) is 23.9 Å². The highest BCUT2D eigenvalue weighted by Crippen LogP contribution is 2.45. The van der Waals surface area contributed by atoms with E-state index in [1.807, 2.05) is 11.1 Å². The Bertz CT molecular complexity index is 1540. The summed E-state index contributed by atoms with van der Waals surface area (Å²) < 4.78 is 20.7. The van der Waals surface area contributed by atoms with Gasteiger partial charge >= 0.3 is 0 Å². The molecule has 3 heterocycles. The van der Waals surface area contributed by atoms with Crippen molar-refractivity contribution in [3.63, 3.8) is 0 Å². The average Bonchev–Trinajstić information content (AvgIpc) is 3.66. The Morgan fingerprint density at radius 1 is 1.02 bits per heavy atom. The number of rotatable bonds is 7. The zero-order chi connectivity index (χ0) is 27.3. The van der Waals surface area contributed by atoms with Crippen molar-refractivity contribution in [1.82, 2.24) is 24.8 Å². The molecule has 7 rings (SSSR count). The standard InChI is InChI=1S/C31H33FN6O2/c1-40-20-25-19-37(34-33-25)17-16-36-21-38(26-10-8-24(32)9-11-26)31(30(36)39)12-14-35(15-13-31)28-18-23-6-2-4-22-5-3-7-27(28)29(22)23/h2-11,19,28H,12-18,20-21H2,1H3/t28-/m0/s1. The molecule has 0 unspecified atom stereocenters. The highest BCUT2D eigenvalue weighted by molar-refractivity contribution is 5.94. The van der Waals surface area contributed by atoms with Gasteiger partial charge in [0.2, 0.25) is 5.91 Å². The van der Waals surface area contributed by atoms with Gasteiger partial charge in [0, 0.05) is 38.5 Å². The van der Waals surface area contributed by atoms with Crippen LogP contribution >= 0.6 is 0 Å². The Kier molecular flexibility index (Phi) is 6.28. The van der Waals surface area contributed by atoms with Gasteiger partial charge in [0.1, 0.15) is 17.1 Å². The van der Waals surface area contributed by atoms with Crippen molar-refractivity contribution < 1.29 is 13.9 Å². The van der Waals surface area contributed by atoms with Gasteiger partial charge in [0.15, 0.2) is 0 Å². The lowest BCUT2D eigenvalue weighted by molar-refractivity contribution is -0.134. The number of methoxy groups -OCH3 is 1. The molecule has 40 heavy (non-hydrogen) atoms. The SMILES string of the molecule is COCc1cn(CCN2CN(c3ccc(F)cc3)C3(CCN([C@H]4Cc5cccc6cccc4c56)CC3)C2=O)nn1. The minimum Gasteiger partial charge on any atom is -0.378 e. The Balaban J connectivity index is 1.12. The summed E-state index contributed by atoms with van der Waals surface area (Å²) in [6.45, 7) is 3.61. The topological polar surface area (TPSA) is 66.7 Å². The number of halogens is 1. The van der Waals surface area contributed by atoms with Crippen LogP contribution in [0.4, 0.5) is 10.1 Å². The Morgan fingerprint density at radius 3 is 2.58 bits per heavy atom. The minimum atomic E-state index is -0.643. The van der Waals surface area contributed by atoms with E-state index in [0.29, 0.717) is 32.4 Å². The van der Waals surface area contributed by atoms with E-state index in [9.17, 15) is 9.18 Å². The number of hydrogen-bond donors (Lipinski definition) is 0. The zero-order valence-electron chi connectivity index (χ0n) is 22.7. The summed E-state index contributed by atoms with van der Waals surface area (Å²) in [5.74, 6) is -0.131. The van der Waals surface area contributed by atoms with Crippen LogP contribution in [-0.4, -0.2) is 69.7 Å². The molecule has 4 aromatic rings. The molecular weight excluding hydrogens is 507 g/mol. The largest absolute Gasteiger partial charge is 0.378 e. The predicted octanol–water partition coefficient (Wildman–Crippen LogP) is 4.16. The molecular formula is C31H33FN6O2. The summed E-state index contributed by atoms with van der Waals surface area (Å²) in [6, 6.07) is 20.1. The number of benzene rings is 3. The van der Waals surface area contributed by atoms with Crippen LogP contribution in [0.2, 0.25) is 0 Å². The number of nitrogens with zero attached hydrogens (tertiary/aromatic N) is 6. The molecule has 3 aromatic carbocycles. The van der Waals surface area contributed by atoms with Gasteiger partial charge in [-0.25, -0.2) is 4.39 Å². The first kappa shape index (κ1) is 25.2. The summed E-state index contributed by atoms with van der Waals surface area (Å²) >= 11 is 0. The number of hydrogen-bond acceptors (Lipinski definition) is 6. The molecule has 3 aliphatic rings. The van der Waals surface area contributed by atoms with E-state index >= 15 is 0 Å². The lowest BCUT2D eigenvalue weighted by atomic mass is 9.84. The Labute approximate surface area is 232 Å². The van der Waals surface area contributed by atoms with E-state index in [1.165, 1.54) is 34.0 Å². The molecule has 1 atom stereocenters. The van der Waals surface area contributed by atoms with Crippen LogP contribution in [-0.2, 0) is 29.1 Å². The van der Waals surface area contributed by atoms with Crippen molar-refractivity contribution in [3.8, 4) is 0 Å². The van der Waals surface area contributed by atoms with Crippen LogP contribution in [0.25, 0.3) is 10.8 Å². The molecule has 2 aliphatic heterocycles. The average molecular weight is 541 g/mol. The summed E-state index contributed by atoms with van der Waals surface area (Å²) in [5.41, 5.74) is 3.81. The van der Waals surface area contributed by atoms with Crippen LogP contribution in [0.3, 0.4) is 0 Å². The third-order valence-electron chi connectivity index (χ3n) is 8.99. The van der Waals surface area contributed by atoms with Crippen LogP contribution < -0.4 is 4.90 Å². The fourth-order valence-electron chi connectivity index (χ4n) is 7.02. The molecule has 0 bridgehead atoms. The molecule has 2 saturated heterocycles. The first-order valence-corrected chi connectivity index (χ1v) is 14.0. The smallest absolute Gasteiger partial charge is 0.250 e. The maximum absolute atomic E-state index is 14.1. The summed E-state index contributed by atoms with van der Waals surface area (Å²) in [7, 11) is 1.63. The second-order valence-electron chi connectivity index (χ2n) is 11.2. The van der Waals surface area contributed by atoms with E-state index in [0.717, 1.165) is 43.7 Å². The van der Waals surface area contributed by atoms with Gasteiger partial charge in [-0.1, -0.05) is 41.6 Å². The highest BCUT2D eigenvalue weighted by atomic mass is 19.1. The number of amides is 1. The Hall–Kier alpha value is -3.82. The monoisotopic (exact) mass is 540 g/mol. The van der Waals surface area contributed by atoms with Gasteiger partial charge in [0.05, 0.1) is 26.0 Å². The third kappa shape index (κ3) is 4.15. The molecule has 0 radical (unpaired) electrons. The summed E-state index contributed by atoms with van der Waals surface area (Å²) in [4.78, 5) is 20.8. The van der Waals surface area contributed by atoms with Gasteiger partial charge in [-0.15, -0.1) is 5.10 Å². The number of likely N-dealkylation sites (tertiary alicyclic amines) is 1. The maximum Gasteiger partial charge on any atom is 0.250 e. The Morgan fingerprint density at radius 2 is 1.80 bits per heavy atom. The van der Waals surface area contributed by atoms with Crippen molar-refractivity contribution in [1.29, 1.82) is 0 Å². The second-order valence-corrected chi connectivity index (χ2v) is 11.2. The van der Waals surface area contributed by atoms with Gasteiger partial charge in [-0.2, -0.15) is 0 Å². The molecule has 206 valence electrons. The number of piperidine rings is 1.